The second kappa shape index (κ2) is 4.41. The van der Waals surface area contributed by atoms with Crippen molar-refractivity contribution in [2.45, 2.75) is 0 Å². The van der Waals surface area contributed by atoms with Crippen LogP contribution in [0.1, 0.15) is 0 Å². The summed E-state index contributed by atoms with van der Waals surface area (Å²) in [6, 6.07) is 7.58. The number of nitrogens with two attached hydrogens (primary N) is 1. The van der Waals surface area contributed by atoms with E-state index >= 15 is 0 Å². The predicted octanol–water partition coefficient (Wildman–Crippen LogP) is 2.99. The molecule has 0 spiro atoms. The Morgan fingerprint density at radius 1 is 1.19 bits per heavy atom. The Morgan fingerprint density at radius 2 is 1.88 bits per heavy atom. The van der Waals surface area contributed by atoms with E-state index in [1.165, 1.54) is 6.20 Å². The number of hydrogen-bond acceptors (Lipinski definition) is 3. The van der Waals surface area contributed by atoms with Crippen molar-refractivity contribution >= 4 is 17.3 Å². The van der Waals surface area contributed by atoms with E-state index in [1.807, 2.05) is 24.3 Å². The molecule has 0 saturated carbocycles. The van der Waals surface area contributed by atoms with Crippen LogP contribution in [0.5, 0.6) is 5.75 Å². The number of nitrogens with zero attached hydrogens (tertiary/aromatic N) is 1. The maximum absolute atomic E-state index is 5.91. The molecule has 0 saturated heterocycles. The quantitative estimate of drug-likeness (QED) is 0.869. The number of halogens is 1. The van der Waals surface area contributed by atoms with Crippen LogP contribution in [0, 0.1) is 0 Å². The van der Waals surface area contributed by atoms with Crippen LogP contribution in [0.2, 0.25) is 5.02 Å². The van der Waals surface area contributed by atoms with Gasteiger partial charge in [-0.25, -0.2) is 0 Å². The molecule has 1 aromatic heterocycles. The Morgan fingerprint density at radius 3 is 2.50 bits per heavy atom. The Kier molecular flexibility index (Phi) is 2.97. The second-order valence-electron chi connectivity index (χ2n) is 3.31. The molecular formula is C12H11ClN2O. The first kappa shape index (κ1) is 10.8. The van der Waals surface area contributed by atoms with Gasteiger partial charge in [-0.3, -0.25) is 4.98 Å². The van der Waals surface area contributed by atoms with E-state index in [4.69, 9.17) is 22.1 Å². The van der Waals surface area contributed by atoms with Gasteiger partial charge in [-0.05, 0) is 17.7 Å². The maximum Gasteiger partial charge on any atom is 0.118 e. The number of methoxy groups -OCH3 is 1. The number of anilines is 1. The second-order valence-corrected chi connectivity index (χ2v) is 3.72. The van der Waals surface area contributed by atoms with Crippen LogP contribution in [-0.4, -0.2) is 12.1 Å². The molecule has 0 unspecified atom stereocenters. The van der Waals surface area contributed by atoms with Crippen molar-refractivity contribution in [3.8, 4) is 16.9 Å². The fourth-order valence-corrected chi connectivity index (χ4v) is 1.60. The topological polar surface area (TPSA) is 48.1 Å². The molecule has 0 aliphatic heterocycles. The lowest BCUT2D eigenvalue weighted by Crippen LogP contribution is -1.92. The predicted molar refractivity (Wildman–Crippen MR) is 65.6 cm³/mol. The molecule has 0 atom stereocenters. The zero-order valence-electron chi connectivity index (χ0n) is 8.77. The first-order chi connectivity index (χ1) is 7.72. The van der Waals surface area contributed by atoms with Crippen molar-refractivity contribution < 1.29 is 4.74 Å². The standard InChI is InChI=1S/C12H11ClN2O/c1-16-9-4-2-8(3-5-9)10-6-15-7-11(13)12(10)14/h2-7H,1H3,(H2,14,15). The summed E-state index contributed by atoms with van der Waals surface area (Å²) in [6.07, 6.45) is 3.23. The summed E-state index contributed by atoms with van der Waals surface area (Å²) in [5.41, 5.74) is 8.22. The molecule has 4 heteroatoms. The number of ether oxygens (including phenoxy) is 1. The lowest BCUT2D eigenvalue weighted by Gasteiger charge is -2.07. The number of benzene rings is 1. The Bertz CT molecular complexity index is 497. The molecule has 2 N–H and O–H groups in total. The summed E-state index contributed by atoms with van der Waals surface area (Å²) in [5.74, 6) is 0.803. The van der Waals surface area contributed by atoms with Gasteiger partial charge < -0.3 is 10.5 Å². The Labute approximate surface area is 98.8 Å². The summed E-state index contributed by atoms with van der Waals surface area (Å²) < 4.78 is 5.09. The lowest BCUT2D eigenvalue weighted by molar-refractivity contribution is 0.415. The number of pyridine rings is 1. The van der Waals surface area contributed by atoms with Crippen LogP contribution in [0.4, 0.5) is 5.69 Å². The van der Waals surface area contributed by atoms with E-state index in [-0.39, 0.29) is 0 Å². The third-order valence-corrected chi connectivity index (χ3v) is 2.64. The molecule has 0 bridgehead atoms. The number of rotatable bonds is 2. The third kappa shape index (κ3) is 1.95. The van der Waals surface area contributed by atoms with Crippen LogP contribution >= 0.6 is 11.6 Å². The van der Waals surface area contributed by atoms with Gasteiger partial charge in [0.25, 0.3) is 0 Å². The van der Waals surface area contributed by atoms with Crippen molar-refractivity contribution in [2.75, 3.05) is 12.8 Å². The highest BCUT2D eigenvalue weighted by atomic mass is 35.5. The van der Waals surface area contributed by atoms with Gasteiger partial charge >= 0.3 is 0 Å². The molecular weight excluding hydrogens is 224 g/mol. The number of hydrogen-bond donors (Lipinski definition) is 1. The Hall–Kier alpha value is -1.74. The highest BCUT2D eigenvalue weighted by Crippen LogP contribution is 2.31. The highest BCUT2D eigenvalue weighted by molar-refractivity contribution is 6.33. The molecule has 0 amide bonds. The van der Waals surface area contributed by atoms with Crippen molar-refractivity contribution in [1.82, 2.24) is 4.98 Å². The van der Waals surface area contributed by atoms with Crippen molar-refractivity contribution in [1.29, 1.82) is 0 Å². The van der Waals surface area contributed by atoms with E-state index in [9.17, 15) is 0 Å². The van der Waals surface area contributed by atoms with E-state index in [0.29, 0.717) is 10.7 Å². The average molecular weight is 235 g/mol. The van der Waals surface area contributed by atoms with Gasteiger partial charge in [-0.1, -0.05) is 23.7 Å². The Balaban J connectivity index is 2.46. The van der Waals surface area contributed by atoms with Crippen LogP contribution in [0.15, 0.2) is 36.7 Å². The van der Waals surface area contributed by atoms with Crippen LogP contribution in [0.25, 0.3) is 11.1 Å². The van der Waals surface area contributed by atoms with Crippen molar-refractivity contribution in [2.24, 2.45) is 0 Å². The maximum atomic E-state index is 5.91. The molecule has 0 radical (unpaired) electrons. The minimum absolute atomic E-state index is 0.466. The van der Waals surface area contributed by atoms with Gasteiger partial charge in [-0.15, -0.1) is 0 Å². The SMILES string of the molecule is COc1ccc(-c2cncc(Cl)c2N)cc1. The molecule has 16 heavy (non-hydrogen) atoms. The highest BCUT2D eigenvalue weighted by Gasteiger charge is 2.06. The zero-order valence-corrected chi connectivity index (χ0v) is 9.53. The molecule has 0 fully saturated rings. The first-order valence-corrected chi connectivity index (χ1v) is 5.13. The average Bonchev–Trinajstić information content (AvgIpc) is 2.33. The largest absolute Gasteiger partial charge is 0.497 e. The normalized spacial score (nSPS) is 10.1. The van der Waals surface area contributed by atoms with Gasteiger partial charge in [0.15, 0.2) is 0 Å². The number of aromatic nitrogens is 1. The summed E-state index contributed by atoms with van der Waals surface area (Å²) in [6.45, 7) is 0. The van der Waals surface area contributed by atoms with E-state index < -0.39 is 0 Å². The van der Waals surface area contributed by atoms with Crippen LogP contribution < -0.4 is 10.5 Å². The zero-order chi connectivity index (χ0) is 11.5. The smallest absolute Gasteiger partial charge is 0.118 e. The minimum Gasteiger partial charge on any atom is -0.497 e. The molecule has 0 aliphatic carbocycles. The lowest BCUT2D eigenvalue weighted by atomic mass is 10.1. The van der Waals surface area contributed by atoms with Crippen LogP contribution in [-0.2, 0) is 0 Å². The summed E-state index contributed by atoms with van der Waals surface area (Å²) >= 11 is 5.91. The number of nitrogen functional groups attached to an aromatic ring is 1. The molecule has 3 nitrogen and oxygen atoms in total. The molecule has 82 valence electrons. The summed E-state index contributed by atoms with van der Waals surface area (Å²) in [4.78, 5) is 4.02. The van der Waals surface area contributed by atoms with Crippen molar-refractivity contribution in [3.05, 3.63) is 41.7 Å². The fourth-order valence-electron chi connectivity index (χ4n) is 1.45. The van der Waals surface area contributed by atoms with E-state index in [2.05, 4.69) is 4.98 Å². The van der Waals surface area contributed by atoms with Crippen molar-refractivity contribution in [3.63, 3.8) is 0 Å². The van der Waals surface area contributed by atoms with Gasteiger partial charge in [0.05, 0.1) is 17.8 Å². The van der Waals surface area contributed by atoms with Gasteiger partial charge in [0.2, 0.25) is 0 Å². The fraction of sp³-hybridized carbons (Fsp3) is 0.0833. The molecule has 1 heterocycles. The summed E-state index contributed by atoms with van der Waals surface area (Å²) in [7, 11) is 1.63. The first-order valence-electron chi connectivity index (χ1n) is 4.76. The van der Waals surface area contributed by atoms with Gasteiger partial charge in [0.1, 0.15) is 5.75 Å². The van der Waals surface area contributed by atoms with Gasteiger partial charge in [-0.2, -0.15) is 0 Å². The third-order valence-electron chi connectivity index (χ3n) is 2.34. The monoisotopic (exact) mass is 234 g/mol. The molecule has 1 aromatic carbocycles. The van der Waals surface area contributed by atoms with Crippen LogP contribution in [0.3, 0.4) is 0 Å². The van der Waals surface area contributed by atoms with E-state index in [0.717, 1.165) is 16.9 Å². The molecule has 0 aliphatic rings. The minimum atomic E-state index is 0.466. The molecule has 2 aromatic rings. The summed E-state index contributed by atoms with van der Waals surface area (Å²) in [5, 5.41) is 0.466. The molecule has 2 rings (SSSR count). The van der Waals surface area contributed by atoms with Gasteiger partial charge in [0, 0.05) is 18.0 Å². The van der Waals surface area contributed by atoms with E-state index in [1.54, 1.807) is 13.3 Å².